The average molecular weight is 334 g/mol. The lowest BCUT2D eigenvalue weighted by Gasteiger charge is -2.09. The number of hydrogen-bond acceptors (Lipinski definition) is 4. The zero-order chi connectivity index (χ0) is 16.8. The Hall–Kier alpha value is -2.73. The number of amides is 2. The van der Waals surface area contributed by atoms with Gasteiger partial charge in [0.15, 0.2) is 5.76 Å². The van der Waals surface area contributed by atoms with Gasteiger partial charge in [0.2, 0.25) is 5.91 Å². The highest BCUT2D eigenvalue weighted by Gasteiger charge is 2.08. The molecule has 7 heteroatoms. The van der Waals surface area contributed by atoms with Gasteiger partial charge in [0.05, 0.1) is 6.26 Å². The Labute approximate surface area is 138 Å². The second kappa shape index (κ2) is 7.51. The number of halogens is 1. The number of hydrazine groups is 1. The summed E-state index contributed by atoms with van der Waals surface area (Å²) in [5, 5.41) is 3.34. The topological polar surface area (TPSA) is 83.4 Å². The van der Waals surface area contributed by atoms with Gasteiger partial charge in [-0.15, -0.1) is 0 Å². The maximum Gasteiger partial charge on any atom is 0.305 e. The second-order valence-electron chi connectivity index (χ2n) is 4.83. The number of anilines is 1. The summed E-state index contributed by atoms with van der Waals surface area (Å²) in [7, 11) is 0. The first-order chi connectivity index (χ1) is 11.0. The molecule has 0 aliphatic carbocycles. The lowest BCUT2D eigenvalue weighted by atomic mass is 10.2. The molecule has 2 amide bonds. The molecule has 0 aliphatic heterocycles. The molecule has 0 unspecified atom stereocenters. The summed E-state index contributed by atoms with van der Waals surface area (Å²) in [6.07, 6.45) is 2.73. The first-order valence-corrected chi connectivity index (χ1v) is 7.19. The second-order valence-corrected chi connectivity index (χ2v) is 5.27. The number of carbonyl (C=O) groups excluding carboxylic acids is 2. The van der Waals surface area contributed by atoms with Gasteiger partial charge in [0, 0.05) is 22.5 Å². The van der Waals surface area contributed by atoms with Crippen LogP contribution < -0.4 is 16.2 Å². The zero-order valence-corrected chi connectivity index (χ0v) is 13.4. The minimum atomic E-state index is -0.434. The minimum absolute atomic E-state index is 0.173. The Morgan fingerprint density at radius 2 is 2.00 bits per heavy atom. The Kier molecular flexibility index (Phi) is 5.43. The van der Waals surface area contributed by atoms with Gasteiger partial charge in [-0.3, -0.25) is 15.0 Å². The summed E-state index contributed by atoms with van der Waals surface area (Å²) >= 11 is 5.87. The number of nitrogens with one attached hydrogen (secondary N) is 3. The van der Waals surface area contributed by atoms with E-state index in [0.717, 1.165) is 5.56 Å². The summed E-state index contributed by atoms with van der Waals surface area (Å²) in [6, 6.07) is 8.33. The Bertz CT molecular complexity index is 739. The smallest absolute Gasteiger partial charge is 0.305 e. The fourth-order valence-corrected chi connectivity index (χ4v) is 2.02. The van der Waals surface area contributed by atoms with Crippen molar-refractivity contribution in [3.8, 4) is 0 Å². The fraction of sp³-hybridized carbons (Fsp3) is 0.125. The van der Waals surface area contributed by atoms with E-state index in [2.05, 4.69) is 16.2 Å². The first kappa shape index (κ1) is 16.6. The molecule has 2 aromatic rings. The highest BCUT2D eigenvalue weighted by atomic mass is 35.5. The molecule has 0 spiro atoms. The van der Waals surface area contributed by atoms with E-state index in [1.807, 2.05) is 6.92 Å². The van der Waals surface area contributed by atoms with E-state index >= 15 is 0 Å². The number of hydrogen-bond donors (Lipinski definition) is 3. The van der Waals surface area contributed by atoms with Crippen molar-refractivity contribution in [2.24, 2.45) is 0 Å². The van der Waals surface area contributed by atoms with Crippen molar-refractivity contribution in [2.45, 2.75) is 13.8 Å². The van der Waals surface area contributed by atoms with E-state index in [0.29, 0.717) is 16.4 Å². The average Bonchev–Trinajstić information content (AvgIpc) is 3.02. The van der Waals surface area contributed by atoms with Crippen molar-refractivity contribution < 1.29 is 14.0 Å². The summed E-state index contributed by atoms with van der Waals surface area (Å²) in [5.41, 5.74) is 7.05. The lowest BCUT2D eigenvalue weighted by molar-refractivity contribution is -0.112. The van der Waals surface area contributed by atoms with Gasteiger partial charge in [-0.25, -0.2) is 0 Å². The Morgan fingerprint density at radius 1 is 1.22 bits per heavy atom. The third-order valence-electron chi connectivity index (χ3n) is 2.91. The Balaban J connectivity index is 1.89. The molecule has 0 radical (unpaired) electrons. The minimum Gasteiger partial charge on any atom is -0.459 e. The predicted octanol–water partition coefficient (Wildman–Crippen LogP) is 3.02. The lowest BCUT2D eigenvalue weighted by Crippen LogP contribution is -2.36. The largest absolute Gasteiger partial charge is 0.459 e. The van der Waals surface area contributed by atoms with Crippen LogP contribution in [-0.4, -0.2) is 11.8 Å². The van der Waals surface area contributed by atoms with E-state index in [-0.39, 0.29) is 11.7 Å². The first-order valence-electron chi connectivity index (χ1n) is 6.81. The molecule has 6 nitrogen and oxygen atoms in total. The van der Waals surface area contributed by atoms with Crippen molar-refractivity contribution in [3.63, 3.8) is 0 Å². The summed E-state index contributed by atoms with van der Waals surface area (Å²) in [5.74, 6) is -0.587. The van der Waals surface area contributed by atoms with Crippen LogP contribution in [0.25, 0.3) is 0 Å². The fourth-order valence-electron chi connectivity index (χ4n) is 1.79. The van der Waals surface area contributed by atoms with Crippen LogP contribution in [0.1, 0.15) is 23.0 Å². The van der Waals surface area contributed by atoms with E-state index in [9.17, 15) is 9.59 Å². The van der Waals surface area contributed by atoms with Gasteiger partial charge in [-0.2, -0.15) is 0 Å². The molecule has 1 aromatic carbocycles. The third kappa shape index (κ3) is 4.89. The summed E-state index contributed by atoms with van der Waals surface area (Å²) < 4.78 is 4.95. The van der Waals surface area contributed by atoms with Crippen LogP contribution in [0.2, 0.25) is 5.02 Å². The van der Waals surface area contributed by atoms with Crippen molar-refractivity contribution in [1.29, 1.82) is 0 Å². The maximum absolute atomic E-state index is 11.9. The van der Waals surface area contributed by atoms with Gasteiger partial charge in [0.25, 0.3) is 0 Å². The standard InChI is InChI=1S/C16H16ClN3O3/c1-10-8-12(17)5-6-13(10)18-15(21)9-11(2)19-20-16(22)14-4-3-7-23-14/h3-9,19H,1-2H3,(H,18,21)(H,20,22). The van der Waals surface area contributed by atoms with Crippen molar-refractivity contribution >= 4 is 29.1 Å². The van der Waals surface area contributed by atoms with Crippen LogP contribution in [0.4, 0.5) is 5.69 Å². The number of benzene rings is 1. The Morgan fingerprint density at radius 3 is 2.65 bits per heavy atom. The number of furan rings is 1. The normalized spacial score (nSPS) is 11.0. The van der Waals surface area contributed by atoms with Crippen LogP contribution in [0.3, 0.4) is 0 Å². The monoisotopic (exact) mass is 333 g/mol. The number of allylic oxidation sites excluding steroid dienone is 1. The van der Waals surface area contributed by atoms with Crippen molar-refractivity contribution in [1.82, 2.24) is 10.9 Å². The molecule has 0 fully saturated rings. The van der Waals surface area contributed by atoms with Gasteiger partial charge in [-0.1, -0.05) is 11.6 Å². The number of aryl methyl sites for hydroxylation is 1. The highest BCUT2D eigenvalue weighted by Crippen LogP contribution is 2.19. The SMILES string of the molecule is CC(=CC(=O)Nc1ccc(Cl)cc1C)NNC(=O)c1ccco1. The van der Waals surface area contributed by atoms with Crippen LogP contribution in [0, 0.1) is 6.92 Å². The summed E-state index contributed by atoms with van der Waals surface area (Å²) in [6.45, 7) is 3.50. The molecule has 2 rings (SSSR count). The van der Waals surface area contributed by atoms with Gasteiger partial charge < -0.3 is 15.2 Å². The zero-order valence-electron chi connectivity index (χ0n) is 12.6. The predicted molar refractivity (Wildman–Crippen MR) is 87.9 cm³/mol. The molecule has 120 valence electrons. The van der Waals surface area contributed by atoms with Gasteiger partial charge in [0.1, 0.15) is 0 Å². The molecule has 0 saturated heterocycles. The molecule has 0 bridgehead atoms. The highest BCUT2D eigenvalue weighted by molar-refractivity contribution is 6.30. The quantitative estimate of drug-likeness (QED) is 0.580. The van der Waals surface area contributed by atoms with Gasteiger partial charge >= 0.3 is 5.91 Å². The molecule has 0 atom stereocenters. The molecule has 1 heterocycles. The summed E-state index contributed by atoms with van der Waals surface area (Å²) in [4.78, 5) is 23.6. The van der Waals surface area contributed by atoms with Crippen LogP contribution >= 0.6 is 11.6 Å². The van der Waals surface area contributed by atoms with E-state index in [4.69, 9.17) is 16.0 Å². The number of carbonyl (C=O) groups is 2. The van der Waals surface area contributed by atoms with Crippen LogP contribution in [0.15, 0.2) is 52.8 Å². The molecular formula is C16H16ClN3O3. The molecule has 23 heavy (non-hydrogen) atoms. The molecule has 1 aromatic heterocycles. The van der Waals surface area contributed by atoms with Crippen LogP contribution in [0.5, 0.6) is 0 Å². The van der Waals surface area contributed by atoms with Crippen LogP contribution in [-0.2, 0) is 4.79 Å². The molecule has 0 aliphatic rings. The third-order valence-corrected chi connectivity index (χ3v) is 3.15. The van der Waals surface area contributed by atoms with Crippen molar-refractivity contribution in [2.75, 3.05) is 5.32 Å². The number of rotatable bonds is 5. The molecule has 0 saturated carbocycles. The molecule has 3 N–H and O–H groups in total. The van der Waals surface area contributed by atoms with E-state index < -0.39 is 5.91 Å². The maximum atomic E-state index is 11.9. The van der Waals surface area contributed by atoms with Crippen molar-refractivity contribution in [3.05, 3.63) is 64.7 Å². The molecular weight excluding hydrogens is 318 g/mol. The van der Waals surface area contributed by atoms with Gasteiger partial charge in [-0.05, 0) is 49.7 Å². The van der Waals surface area contributed by atoms with E-state index in [1.165, 1.54) is 18.4 Å². The van der Waals surface area contributed by atoms with E-state index in [1.54, 1.807) is 31.2 Å².